The largest absolute Gasteiger partial charge is 0.463 e. The summed E-state index contributed by atoms with van der Waals surface area (Å²) in [6, 6.07) is 5.44. The average Bonchev–Trinajstić information content (AvgIpc) is 3.17. The second kappa shape index (κ2) is 5.73. The number of nitrogens with one attached hydrogen (secondary N) is 1. The molecule has 0 saturated carbocycles. The number of aromatic amines is 1. The Labute approximate surface area is 122 Å². The van der Waals surface area contributed by atoms with Crippen LogP contribution >= 0.6 is 0 Å². The Morgan fingerprint density at radius 2 is 2.48 bits per heavy atom. The Hall–Kier alpha value is -2.08. The lowest BCUT2D eigenvalue weighted by Gasteiger charge is -2.36. The summed E-state index contributed by atoms with van der Waals surface area (Å²) in [5.74, 6) is 0.878. The summed E-state index contributed by atoms with van der Waals surface area (Å²) in [4.78, 5) is 14.4. The van der Waals surface area contributed by atoms with Gasteiger partial charge in [-0.15, -0.1) is 0 Å². The van der Waals surface area contributed by atoms with Crippen LogP contribution in [0.5, 0.6) is 0 Å². The van der Waals surface area contributed by atoms with Crippen LogP contribution in [0.25, 0.3) is 11.5 Å². The van der Waals surface area contributed by atoms with Crippen LogP contribution in [0, 0.1) is 5.92 Å². The molecule has 2 atom stereocenters. The zero-order valence-electron chi connectivity index (χ0n) is 12.0. The van der Waals surface area contributed by atoms with Crippen LogP contribution in [0.15, 0.2) is 28.9 Å². The van der Waals surface area contributed by atoms with Gasteiger partial charge in [0.2, 0.25) is 0 Å². The lowest BCUT2D eigenvalue weighted by atomic mass is 9.92. The summed E-state index contributed by atoms with van der Waals surface area (Å²) >= 11 is 0. The fourth-order valence-electron chi connectivity index (χ4n) is 2.87. The van der Waals surface area contributed by atoms with Gasteiger partial charge in [-0.1, -0.05) is 0 Å². The highest BCUT2D eigenvalue weighted by Gasteiger charge is 2.30. The minimum absolute atomic E-state index is 0.0760. The fourth-order valence-corrected chi connectivity index (χ4v) is 2.87. The Morgan fingerprint density at radius 3 is 3.14 bits per heavy atom. The Kier molecular flexibility index (Phi) is 3.79. The molecule has 6 nitrogen and oxygen atoms in total. The zero-order valence-corrected chi connectivity index (χ0v) is 12.0. The highest BCUT2D eigenvalue weighted by Crippen LogP contribution is 2.25. The summed E-state index contributed by atoms with van der Waals surface area (Å²) in [6.45, 7) is 2.87. The molecule has 0 radical (unpaired) electrons. The van der Waals surface area contributed by atoms with Crippen molar-refractivity contribution in [2.45, 2.75) is 25.8 Å². The van der Waals surface area contributed by atoms with Crippen molar-refractivity contribution in [1.29, 1.82) is 0 Å². The summed E-state index contributed by atoms with van der Waals surface area (Å²) in [6.07, 6.45) is 3.25. The molecule has 2 aromatic heterocycles. The minimum Gasteiger partial charge on any atom is -0.463 e. The van der Waals surface area contributed by atoms with E-state index in [1.54, 1.807) is 18.4 Å². The summed E-state index contributed by atoms with van der Waals surface area (Å²) in [7, 11) is 0. The van der Waals surface area contributed by atoms with E-state index in [9.17, 15) is 9.90 Å². The van der Waals surface area contributed by atoms with Gasteiger partial charge in [-0.05, 0) is 37.8 Å². The van der Waals surface area contributed by atoms with Gasteiger partial charge in [0.05, 0.1) is 6.26 Å². The maximum atomic E-state index is 12.5. The summed E-state index contributed by atoms with van der Waals surface area (Å²) < 4.78 is 5.28. The number of likely N-dealkylation sites (tertiary alicyclic amines) is 1. The number of hydrogen-bond acceptors (Lipinski definition) is 4. The Balaban J connectivity index is 1.74. The molecule has 21 heavy (non-hydrogen) atoms. The summed E-state index contributed by atoms with van der Waals surface area (Å²) in [5.41, 5.74) is 1.09. The van der Waals surface area contributed by atoms with E-state index in [4.69, 9.17) is 4.42 Å². The lowest BCUT2D eigenvalue weighted by molar-refractivity contribution is 0.0509. The number of rotatable bonds is 3. The van der Waals surface area contributed by atoms with Gasteiger partial charge in [-0.25, -0.2) is 0 Å². The quantitative estimate of drug-likeness (QED) is 0.904. The number of carbonyl (C=O) groups is 1. The molecule has 2 aromatic rings. The van der Waals surface area contributed by atoms with Crippen molar-refractivity contribution < 1.29 is 14.3 Å². The van der Waals surface area contributed by atoms with Gasteiger partial charge >= 0.3 is 0 Å². The number of aliphatic hydroxyl groups is 1. The molecule has 6 heteroatoms. The maximum Gasteiger partial charge on any atom is 0.274 e. The van der Waals surface area contributed by atoms with Gasteiger partial charge in [0, 0.05) is 25.3 Å². The SMILES string of the molecule is C[C@H]1C[C@@H](CO)CCN1C(=O)c1cc(-c2ccco2)[nH]n1. The molecule has 0 bridgehead atoms. The van der Waals surface area contributed by atoms with Gasteiger partial charge < -0.3 is 14.4 Å². The van der Waals surface area contributed by atoms with Gasteiger partial charge in [0.25, 0.3) is 5.91 Å². The smallest absolute Gasteiger partial charge is 0.274 e. The fraction of sp³-hybridized carbons (Fsp3) is 0.467. The number of amides is 1. The molecule has 0 spiro atoms. The molecule has 0 unspecified atom stereocenters. The van der Waals surface area contributed by atoms with Crippen molar-refractivity contribution in [2.24, 2.45) is 5.92 Å². The first kappa shape index (κ1) is 13.9. The molecule has 1 aliphatic heterocycles. The number of aromatic nitrogens is 2. The van der Waals surface area contributed by atoms with Crippen LogP contribution in [0.2, 0.25) is 0 Å². The lowest BCUT2D eigenvalue weighted by Crippen LogP contribution is -2.45. The number of hydrogen-bond donors (Lipinski definition) is 2. The molecule has 0 aliphatic carbocycles. The van der Waals surface area contributed by atoms with Crippen LogP contribution < -0.4 is 0 Å². The van der Waals surface area contributed by atoms with E-state index in [2.05, 4.69) is 10.2 Å². The van der Waals surface area contributed by atoms with Gasteiger partial charge in [0.1, 0.15) is 5.69 Å². The summed E-state index contributed by atoms with van der Waals surface area (Å²) in [5, 5.41) is 16.2. The molecule has 0 aromatic carbocycles. The molecule has 1 aliphatic rings. The van der Waals surface area contributed by atoms with Crippen molar-refractivity contribution in [3.63, 3.8) is 0 Å². The minimum atomic E-state index is -0.0760. The van der Waals surface area contributed by atoms with Crippen LogP contribution in [0.1, 0.15) is 30.3 Å². The number of furan rings is 1. The van der Waals surface area contributed by atoms with Crippen LogP contribution in [-0.2, 0) is 0 Å². The first-order valence-corrected chi connectivity index (χ1v) is 7.20. The second-order valence-corrected chi connectivity index (χ2v) is 5.56. The highest BCUT2D eigenvalue weighted by atomic mass is 16.3. The number of nitrogens with zero attached hydrogens (tertiary/aromatic N) is 2. The standard InChI is InChI=1S/C15H19N3O3/c1-10-7-11(9-19)4-5-18(10)15(20)13-8-12(16-17-13)14-3-2-6-21-14/h2-3,6,8,10-11,19H,4-5,7,9H2,1H3,(H,16,17)/t10-,11-/m0/s1. The maximum absolute atomic E-state index is 12.5. The van der Waals surface area contributed by atoms with Crippen LogP contribution in [0.3, 0.4) is 0 Å². The van der Waals surface area contributed by atoms with Crippen molar-refractivity contribution in [3.05, 3.63) is 30.2 Å². The topological polar surface area (TPSA) is 82.4 Å². The monoisotopic (exact) mass is 289 g/mol. The van der Waals surface area contributed by atoms with Crippen molar-refractivity contribution in [3.8, 4) is 11.5 Å². The van der Waals surface area contributed by atoms with E-state index < -0.39 is 0 Å². The van der Waals surface area contributed by atoms with Crippen molar-refractivity contribution in [2.75, 3.05) is 13.2 Å². The third-order valence-corrected chi connectivity index (χ3v) is 4.09. The molecule has 1 amide bonds. The van der Waals surface area contributed by atoms with E-state index in [-0.39, 0.29) is 18.6 Å². The molecule has 1 fully saturated rings. The normalized spacial score (nSPS) is 22.5. The third kappa shape index (κ3) is 2.71. The van der Waals surface area contributed by atoms with Crippen molar-refractivity contribution in [1.82, 2.24) is 15.1 Å². The Morgan fingerprint density at radius 1 is 1.62 bits per heavy atom. The molecule has 3 rings (SSSR count). The van der Waals surface area contributed by atoms with Gasteiger partial charge in [-0.2, -0.15) is 5.10 Å². The average molecular weight is 289 g/mol. The predicted molar refractivity (Wildman–Crippen MR) is 76.6 cm³/mol. The predicted octanol–water partition coefficient (Wildman–Crippen LogP) is 1.90. The van der Waals surface area contributed by atoms with Gasteiger partial charge in [0.15, 0.2) is 11.5 Å². The first-order chi connectivity index (χ1) is 10.2. The zero-order chi connectivity index (χ0) is 14.8. The molecule has 1 saturated heterocycles. The molecule has 2 N–H and O–H groups in total. The number of aliphatic hydroxyl groups excluding tert-OH is 1. The molecular formula is C15H19N3O3. The molecule has 112 valence electrons. The third-order valence-electron chi connectivity index (χ3n) is 4.09. The number of piperidine rings is 1. The van der Waals surface area contributed by atoms with E-state index in [0.29, 0.717) is 29.6 Å². The molecule has 3 heterocycles. The number of H-pyrrole nitrogens is 1. The van der Waals surface area contributed by atoms with E-state index in [1.165, 1.54) is 0 Å². The van der Waals surface area contributed by atoms with Crippen molar-refractivity contribution >= 4 is 5.91 Å². The Bertz CT molecular complexity index is 605. The van der Waals surface area contributed by atoms with Gasteiger partial charge in [-0.3, -0.25) is 9.89 Å². The van der Waals surface area contributed by atoms with E-state index >= 15 is 0 Å². The highest BCUT2D eigenvalue weighted by molar-refractivity contribution is 5.93. The molecular weight excluding hydrogens is 270 g/mol. The van der Waals surface area contributed by atoms with Crippen LogP contribution in [-0.4, -0.2) is 45.3 Å². The second-order valence-electron chi connectivity index (χ2n) is 5.56. The number of carbonyl (C=O) groups excluding carboxylic acids is 1. The van der Waals surface area contributed by atoms with E-state index in [1.807, 2.05) is 17.9 Å². The first-order valence-electron chi connectivity index (χ1n) is 7.20. The van der Waals surface area contributed by atoms with Crippen LogP contribution in [0.4, 0.5) is 0 Å². The van der Waals surface area contributed by atoms with E-state index in [0.717, 1.165) is 12.8 Å².